The number of nitrogens with one attached hydrogen (secondary N) is 1. The molecule has 1 aliphatic heterocycles. The van der Waals surface area contributed by atoms with Crippen LogP contribution < -0.4 is 5.32 Å². The molecule has 7 nitrogen and oxygen atoms in total. The molecule has 36 heavy (non-hydrogen) atoms. The SMILES string of the molecule is C=CC/C(=C\C(=NC)C(F)(F)F)n1nc(C(=O)N2CCNC(=O)C2)cc1CC(=C/CF)/C=C(/Cl)C=C. The molecule has 0 unspecified atom stereocenters. The number of piperazine rings is 1. The number of amides is 2. The molecule has 2 rings (SSSR count). The van der Waals surface area contributed by atoms with Crippen LogP contribution in [0.4, 0.5) is 17.6 Å². The summed E-state index contributed by atoms with van der Waals surface area (Å²) in [6.45, 7) is 6.63. The van der Waals surface area contributed by atoms with Crippen molar-refractivity contribution in [3.63, 3.8) is 0 Å². The Morgan fingerprint density at radius 1 is 1.33 bits per heavy atom. The van der Waals surface area contributed by atoms with Gasteiger partial charge in [-0.2, -0.15) is 18.3 Å². The smallest absolute Gasteiger partial charge is 0.353 e. The van der Waals surface area contributed by atoms with Gasteiger partial charge in [0, 0.05) is 49.4 Å². The van der Waals surface area contributed by atoms with Gasteiger partial charge in [-0.25, -0.2) is 9.07 Å². The van der Waals surface area contributed by atoms with Crippen LogP contribution in [0.1, 0.15) is 22.6 Å². The van der Waals surface area contributed by atoms with E-state index in [9.17, 15) is 27.2 Å². The maximum Gasteiger partial charge on any atom is 0.432 e. The fraction of sp³-hybridized carbons (Fsp3) is 0.333. The summed E-state index contributed by atoms with van der Waals surface area (Å²) in [6.07, 6.45) is 1.43. The molecule has 1 fully saturated rings. The molecule has 1 aromatic heterocycles. The molecular formula is C24H26ClF4N5O2. The number of allylic oxidation sites excluding steroid dienone is 8. The van der Waals surface area contributed by atoms with E-state index < -0.39 is 24.5 Å². The molecule has 1 saturated heterocycles. The average molecular weight is 528 g/mol. The Bertz CT molecular complexity index is 1130. The third-order valence-electron chi connectivity index (χ3n) is 5.03. The van der Waals surface area contributed by atoms with E-state index in [2.05, 4.69) is 28.6 Å². The summed E-state index contributed by atoms with van der Waals surface area (Å²) in [5.41, 5.74) is -0.537. The van der Waals surface area contributed by atoms with E-state index in [1.54, 1.807) is 0 Å². The van der Waals surface area contributed by atoms with E-state index in [4.69, 9.17) is 11.6 Å². The Hall–Kier alpha value is -3.47. The Kier molecular flexibility index (Phi) is 10.4. The third kappa shape index (κ3) is 7.77. The molecule has 0 bridgehead atoms. The Balaban J connectivity index is 2.65. The maximum atomic E-state index is 13.4. The number of hydrogen-bond acceptors (Lipinski definition) is 4. The van der Waals surface area contributed by atoms with E-state index in [0.29, 0.717) is 5.57 Å². The number of alkyl halides is 4. The molecule has 0 atom stereocenters. The Labute approximate surface area is 211 Å². The first-order valence-corrected chi connectivity index (χ1v) is 11.2. The number of halogens is 5. The molecule has 1 aliphatic rings. The van der Waals surface area contributed by atoms with Crippen LogP contribution in [-0.2, 0) is 11.2 Å². The topological polar surface area (TPSA) is 79.6 Å². The monoisotopic (exact) mass is 527 g/mol. The first-order chi connectivity index (χ1) is 17.0. The summed E-state index contributed by atoms with van der Waals surface area (Å²) in [5.74, 6) is -0.911. The summed E-state index contributed by atoms with van der Waals surface area (Å²) >= 11 is 6.02. The van der Waals surface area contributed by atoms with Crippen molar-refractivity contribution in [2.24, 2.45) is 4.99 Å². The minimum Gasteiger partial charge on any atom is -0.353 e. The molecule has 2 heterocycles. The first kappa shape index (κ1) is 28.8. The van der Waals surface area contributed by atoms with Crippen LogP contribution in [0.25, 0.3) is 5.70 Å². The lowest BCUT2D eigenvalue weighted by Gasteiger charge is -2.25. The van der Waals surface area contributed by atoms with E-state index in [1.807, 2.05) is 0 Å². The van der Waals surface area contributed by atoms with Crippen LogP contribution in [-0.4, -0.2) is 71.7 Å². The highest BCUT2D eigenvalue weighted by atomic mass is 35.5. The van der Waals surface area contributed by atoms with Crippen molar-refractivity contribution < 1.29 is 27.2 Å². The first-order valence-electron chi connectivity index (χ1n) is 10.8. The highest BCUT2D eigenvalue weighted by Gasteiger charge is 2.34. The zero-order valence-electron chi connectivity index (χ0n) is 19.6. The van der Waals surface area contributed by atoms with E-state index in [0.717, 1.165) is 13.1 Å². The van der Waals surface area contributed by atoms with Gasteiger partial charge < -0.3 is 10.2 Å². The summed E-state index contributed by atoms with van der Waals surface area (Å²) < 4.78 is 54.7. The lowest BCUT2D eigenvalue weighted by Crippen LogP contribution is -2.50. The van der Waals surface area contributed by atoms with Crippen LogP contribution in [0, 0.1) is 0 Å². The van der Waals surface area contributed by atoms with Crippen molar-refractivity contribution in [1.82, 2.24) is 20.0 Å². The zero-order valence-corrected chi connectivity index (χ0v) is 20.4. The van der Waals surface area contributed by atoms with Crippen molar-refractivity contribution in [2.75, 3.05) is 33.4 Å². The van der Waals surface area contributed by atoms with Crippen LogP contribution in [0.3, 0.4) is 0 Å². The van der Waals surface area contributed by atoms with Crippen LogP contribution in [0.15, 0.2) is 65.2 Å². The minimum absolute atomic E-state index is 0.0200. The second kappa shape index (κ2) is 13.0. The van der Waals surface area contributed by atoms with Gasteiger partial charge >= 0.3 is 6.18 Å². The van der Waals surface area contributed by atoms with E-state index in [-0.39, 0.29) is 60.5 Å². The molecule has 0 aliphatic carbocycles. The number of aliphatic imine (C=N–C) groups is 1. The normalized spacial score (nSPS) is 16.2. The van der Waals surface area contributed by atoms with Gasteiger partial charge in [0.2, 0.25) is 5.91 Å². The number of nitrogens with zero attached hydrogens (tertiary/aromatic N) is 4. The molecule has 0 radical (unpaired) electrons. The van der Waals surface area contributed by atoms with Crippen molar-refractivity contribution in [3.05, 3.63) is 71.6 Å². The molecular weight excluding hydrogens is 502 g/mol. The predicted molar refractivity (Wildman–Crippen MR) is 132 cm³/mol. The number of aromatic nitrogens is 2. The maximum absolute atomic E-state index is 13.4. The van der Waals surface area contributed by atoms with Crippen LogP contribution in [0.2, 0.25) is 0 Å². The number of hydrogen-bond donors (Lipinski definition) is 1. The zero-order chi connectivity index (χ0) is 26.9. The van der Waals surface area contributed by atoms with Gasteiger partial charge in [-0.15, -0.1) is 6.58 Å². The number of carbonyl (C=O) groups excluding carboxylic acids is 2. The number of rotatable bonds is 10. The van der Waals surface area contributed by atoms with Crippen molar-refractivity contribution in [2.45, 2.75) is 19.0 Å². The summed E-state index contributed by atoms with van der Waals surface area (Å²) in [4.78, 5) is 29.4. The number of carbonyl (C=O) groups is 2. The van der Waals surface area contributed by atoms with Gasteiger partial charge in [0.15, 0.2) is 5.69 Å². The van der Waals surface area contributed by atoms with Crippen molar-refractivity contribution in [3.8, 4) is 0 Å². The lowest BCUT2D eigenvalue weighted by molar-refractivity contribution is -0.123. The standard InChI is InChI=1S/C24H26ClF4N5O2/c1-4-6-18(14-21(30-3)24(27,28)29)34-19(12-16(7-8-26)11-17(25)5-2)13-20(32-34)23(36)33-10-9-31-22(35)15-33/h4-5,7,11,13-14H,1-2,6,8-10,12,15H2,3H3,(H,31,35)/b16-7+,17-11+,18-14+,30-21?. The van der Waals surface area contributed by atoms with Crippen LogP contribution >= 0.6 is 11.6 Å². The molecule has 2 amide bonds. The molecule has 194 valence electrons. The van der Waals surface area contributed by atoms with E-state index in [1.165, 1.54) is 40.0 Å². The van der Waals surface area contributed by atoms with Gasteiger partial charge in [-0.3, -0.25) is 14.6 Å². The quantitative estimate of drug-likeness (QED) is 0.214. The summed E-state index contributed by atoms with van der Waals surface area (Å²) in [7, 11) is 1.01. The molecule has 0 aromatic carbocycles. The Morgan fingerprint density at radius 2 is 2.06 bits per heavy atom. The van der Waals surface area contributed by atoms with Gasteiger partial charge in [0.25, 0.3) is 5.91 Å². The highest BCUT2D eigenvalue weighted by Crippen LogP contribution is 2.24. The summed E-state index contributed by atoms with van der Waals surface area (Å²) in [5, 5.41) is 7.10. The molecule has 0 saturated carbocycles. The largest absolute Gasteiger partial charge is 0.432 e. The van der Waals surface area contributed by atoms with E-state index >= 15 is 0 Å². The van der Waals surface area contributed by atoms with Crippen molar-refractivity contribution in [1.29, 1.82) is 0 Å². The van der Waals surface area contributed by atoms with Crippen LogP contribution in [0.5, 0.6) is 0 Å². The minimum atomic E-state index is -4.73. The fourth-order valence-corrected chi connectivity index (χ4v) is 3.52. The second-order valence-electron chi connectivity index (χ2n) is 7.59. The summed E-state index contributed by atoms with van der Waals surface area (Å²) in [6, 6.07) is 1.39. The highest BCUT2D eigenvalue weighted by molar-refractivity contribution is 6.31. The average Bonchev–Trinajstić information content (AvgIpc) is 3.23. The Morgan fingerprint density at radius 3 is 2.61 bits per heavy atom. The molecule has 1 N–H and O–H groups in total. The van der Waals surface area contributed by atoms with Gasteiger partial charge in [-0.05, 0) is 23.8 Å². The molecule has 0 spiro atoms. The van der Waals surface area contributed by atoms with Crippen molar-refractivity contribution >= 4 is 34.8 Å². The van der Waals surface area contributed by atoms with Gasteiger partial charge in [0.1, 0.15) is 12.4 Å². The fourth-order valence-electron chi connectivity index (χ4n) is 3.38. The van der Waals surface area contributed by atoms with Gasteiger partial charge in [-0.1, -0.05) is 36.4 Å². The lowest BCUT2D eigenvalue weighted by atomic mass is 10.1. The third-order valence-corrected chi connectivity index (χ3v) is 5.29. The predicted octanol–water partition coefficient (Wildman–Crippen LogP) is 4.25. The second-order valence-corrected chi connectivity index (χ2v) is 8.02. The molecule has 1 aromatic rings. The molecule has 12 heteroatoms. The van der Waals surface area contributed by atoms with Gasteiger partial charge in [0.05, 0.1) is 6.54 Å².